The Hall–Kier alpha value is -0.510. The minimum Gasteiger partial charge on any atom is -0.333 e. The van der Waals surface area contributed by atoms with Crippen molar-refractivity contribution in [2.75, 3.05) is 12.3 Å². The molecule has 1 aliphatic carbocycles. The van der Waals surface area contributed by atoms with Crippen molar-refractivity contribution in [2.45, 2.75) is 43.9 Å². The topological polar surface area (TPSA) is 37.4 Å². The standard InChI is InChI=1S/C11H17NO2S/c1-2-15-9-4-3-8(7-9)12-6-5-10(13)11(12)14/h8-9H,2-7H2,1H3. The van der Waals surface area contributed by atoms with E-state index in [0.717, 1.165) is 18.6 Å². The quantitative estimate of drug-likeness (QED) is 0.685. The van der Waals surface area contributed by atoms with E-state index in [0.29, 0.717) is 24.3 Å². The molecule has 2 fully saturated rings. The summed E-state index contributed by atoms with van der Waals surface area (Å²) in [5.74, 6) is 0.716. The Bertz CT molecular complexity index is 280. The van der Waals surface area contributed by atoms with Gasteiger partial charge in [0.05, 0.1) is 0 Å². The lowest BCUT2D eigenvalue weighted by Gasteiger charge is -2.22. The van der Waals surface area contributed by atoms with Gasteiger partial charge in [0.2, 0.25) is 5.78 Å². The van der Waals surface area contributed by atoms with E-state index in [1.807, 2.05) is 11.8 Å². The van der Waals surface area contributed by atoms with Crippen LogP contribution in [0.5, 0.6) is 0 Å². The molecule has 1 saturated heterocycles. The van der Waals surface area contributed by atoms with Gasteiger partial charge in [-0.3, -0.25) is 9.59 Å². The fourth-order valence-corrected chi connectivity index (χ4v) is 3.66. The first-order valence-electron chi connectivity index (χ1n) is 5.67. The van der Waals surface area contributed by atoms with Gasteiger partial charge >= 0.3 is 0 Å². The van der Waals surface area contributed by atoms with Crippen molar-refractivity contribution in [2.24, 2.45) is 0 Å². The van der Waals surface area contributed by atoms with Gasteiger partial charge in [-0.25, -0.2) is 0 Å². The highest BCUT2D eigenvalue weighted by atomic mass is 32.2. The first-order valence-corrected chi connectivity index (χ1v) is 6.72. The average Bonchev–Trinajstić information content (AvgIpc) is 2.77. The molecule has 84 valence electrons. The number of carbonyl (C=O) groups is 2. The average molecular weight is 227 g/mol. The molecule has 4 heteroatoms. The van der Waals surface area contributed by atoms with Crippen molar-refractivity contribution in [1.29, 1.82) is 0 Å². The van der Waals surface area contributed by atoms with Crippen LogP contribution < -0.4 is 0 Å². The lowest BCUT2D eigenvalue weighted by atomic mass is 10.2. The third kappa shape index (κ3) is 2.19. The van der Waals surface area contributed by atoms with Crippen LogP contribution in [0.1, 0.15) is 32.6 Å². The smallest absolute Gasteiger partial charge is 0.290 e. The molecule has 2 rings (SSSR count). The zero-order valence-electron chi connectivity index (χ0n) is 9.07. The van der Waals surface area contributed by atoms with Crippen LogP contribution in [0, 0.1) is 0 Å². The van der Waals surface area contributed by atoms with Gasteiger partial charge < -0.3 is 4.90 Å². The maximum atomic E-state index is 11.5. The number of nitrogens with zero attached hydrogens (tertiary/aromatic N) is 1. The van der Waals surface area contributed by atoms with Gasteiger partial charge in [0.15, 0.2) is 0 Å². The predicted molar refractivity (Wildman–Crippen MR) is 60.9 cm³/mol. The number of likely N-dealkylation sites (tertiary alicyclic amines) is 1. The second kappa shape index (κ2) is 4.56. The number of thioether (sulfide) groups is 1. The maximum Gasteiger partial charge on any atom is 0.290 e. The molecule has 0 spiro atoms. The van der Waals surface area contributed by atoms with E-state index in [1.165, 1.54) is 6.42 Å². The monoisotopic (exact) mass is 227 g/mol. The van der Waals surface area contributed by atoms with Crippen molar-refractivity contribution in [3.63, 3.8) is 0 Å². The van der Waals surface area contributed by atoms with E-state index in [2.05, 4.69) is 6.92 Å². The lowest BCUT2D eigenvalue weighted by molar-refractivity contribution is -0.141. The third-order valence-electron chi connectivity index (χ3n) is 3.28. The molecule has 1 amide bonds. The summed E-state index contributed by atoms with van der Waals surface area (Å²) >= 11 is 1.98. The number of hydrogen-bond donors (Lipinski definition) is 0. The van der Waals surface area contributed by atoms with Gasteiger partial charge in [0, 0.05) is 24.3 Å². The number of amides is 1. The van der Waals surface area contributed by atoms with Crippen LogP contribution in [0.3, 0.4) is 0 Å². The molecule has 1 heterocycles. The fraction of sp³-hybridized carbons (Fsp3) is 0.818. The van der Waals surface area contributed by atoms with Crippen LogP contribution in [-0.2, 0) is 9.59 Å². The van der Waals surface area contributed by atoms with Gasteiger partial charge in [-0.05, 0) is 25.0 Å². The summed E-state index contributed by atoms with van der Waals surface area (Å²) in [6.45, 7) is 2.83. The van der Waals surface area contributed by atoms with Crippen LogP contribution in [0.25, 0.3) is 0 Å². The van der Waals surface area contributed by atoms with Crippen LogP contribution in [0.2, 0.25) is 0 Å². The highest BCUT2D eigenvalue weighted by Gasteiger charge is 2.37. The van der Waals surface area contributed by atoms with Gasteiger partial charge in [-0.1, -0.05) is 6.92 Å². The first-order chi connectivity index (χ1) is 7.22. The molecule has 2 unspecified atom stereocenters. The summed E-state index contributed by atoms with van der Waals surface area (Å²) in [4.78, 5) is 24.5. The molecular formula is C11H17NO2S. The molecule has 0 N–H and O–H groups in total. The molecule has 1 saturated carbocycles. The van der Waals surface area contributed by atoms with Crippen molar-refractivity contribution in [3.8, 4) is 0 Å². The van der Waals surface area contributed by atoms with Crippen LogP contribution in [0.4, 0.5) is 0 Å². The summed E-state index contributed by atoms with van der Waals surface area (Å²) in [6, 6.07) is 0.341. The summed E-state index contributed by atoms with van der Waals surface area (Å²) in [5, 5.41) is 0.698. The second-order valence-electron chi connectivity index (χ2n) is 4.22. The van der Waals surface area contributed by atoms with E-state index in [-0.39, 0.29) is 11.7 Å². The maximum absolute atomic E-state index is 11.5. The Morgan fingerprint density at radius 1 is 1.40 bits per heavy atom. The van der Waals surface area contributed by atoms with Gasteiger partial charge in [-0.15, -0.1) is 0 Å². The molecule has 15 heavy (non-hydrogen) atoms. The molecule has 2 aliphatic rings. The number of hydrogen-bond acceptors (Lipinski definition) is 3. The molecule has 0 radical (unpaired) electrons. The fourth-order valence-electron chi connectivity index (χ4n) is 2.53. The van der Waals surface area contributed by atoms with E-state index < -0.39 is 0 Å². The number of rotatable bonds is 3. The Balaban J connectivity index is 1.91. The molecule has 0 aromatic rings. The third-order valence-corrected chi connectivity index (χ3v) is 4.51. The number of carbonyl (C=O) groups excluding carboxylic acids is 2. The van der Waals surface area contributed by atoms with Gasteiger partial charge in [0.1, 0.15) is 0 Å². The van der Waals surface area contributed by atoms with Gasteiger partial charge in [-0.2, -0.15) is 11.8 Å². The molecule has 0 aromatic heterocycles. The van der Waals surface area contributed by atoms with Crippen LogP contribution in [0.15, 0.2) is 0 Å². The highest BCUT2D eigenvalue weighted by molar-refractivity contribution is 7.99. The second-order valence-corrected chi connectivity index (χ2v) is 5.79. The summed E-state index contributed by atoms with van der Waals surface area (Å²) in [6.07, 6.45) is 3.79. The largest absolute Gasteiger partial charge is 0.333 e. The Morgan fingerprint density at radius 3 is 2.80 bits per heavy atom. The molecule has 2 atom stereocenters. The van der Waals surface area contributed by atoms with Crippen molar-refractivity contribution < 1.29 is 9.59 Å². The number of Topliss-reactive ketones (excluding diaryl/α,β-unsaturated/α-hetero) is 1. The molecule has 3 nitrogen and oxygen atoms in total. The summed E-state index contributed by atoms with van der Waals surface area (Å²) in [5.41, 5.74) is 0. The zero-order valence-corrected chi connectivity index (χ0v) is 9.89. The lowest BCUT2D eigenvalue weighted by Crippen LogP contribution is -2.36. The molecule has 0 aromatic carbocycles. The summed E-state index contributed by atoms with van der Waals surface area (Å²) in [7, 11) is 0. The molecule has 1 aliphatic heterocycles. The van der Waals surface area contributed by atoms with E-state index in [1.54, 1.807) is 4.90 Å². The van der Waals surface area contributed by atoms with Gasteiger partial charge in [0.25, 0.3) is 5.91 Å². The first kappa shape index (κ1) is 11.0. The SMILES string of the molecule is CCSC1CCC(N2CCC(=O)C2=O)C1. The minimum absolute atomic E-state index is 0.193. The normalized spacial score (nSPS) is 31.7. The van der Waals surface area contributed by atoms with Crippen LogP contribution in [-0.4, -0.2) is 40.2 Å². The van der Waals surface area contributed by atoms with Crippen molar-refractivity contribution in [3.05, 3.63) is 0 Å². The number of ketones is 1. The predicted octanol–water partition coefficient (Wildman–Crippen LogP) is 1.46. The minimum atomic E-state index is -0.234. The van der Waals surface area contributed by atoms with Crippen LogP contribution >= 0.6 is 11.8 Å². The van der Waals surface area contributed by atoms with E-state index in [4.69, 9.17) is 0 Å². The molecule has 0 bridgehead atoms. The Kier molecular flexibility index (Phi) is 3.34. The molecular weight excluding hydrogens is 210 g/mol. The van der Waals surface area contributed by atoms with E-state index in [9.17, 15) is 9.59 Å². The van der Waals surface area contributed by atoms with Crippen molar-refractivity contribution >= 4 is 23.5 Å². The van der Waals surface area contributed by atoms with E-state index >= 15 is 0 Å². The Morgan fingerprint density at radius 2 is 2.20 bits per heavy atom. The zero-order chi connectivity index (χ0) is 10.8. The summed E-state index contributed by atoms with van der Waals surface area (Å²) < 4.78 is 0. The van der Waals surface area contributed by atoms with Crippen molar-refractivity contribution in [1.82, 2.24) is 4.90 Å². The highest BCUT2D eigenvalue weighted by Crippen LogP contribution is 2.33. The Labute approximate surface area is 94.6 Å².